The van der Waals surface area contributed by atoms with Gasteiger partial charge in [0.15, 0.2) is 0 Å². The molecular formula is C11H19N5O. The van der Waals surface area contributed by atoms with E-state index in [0.717, 1.165) is 38.6 Å². The summed E-state index contributed by atoms with van der Waals surface area (Å²) in [5.74, 6) is -0.00593. The summed E-state index contributed by atoms with van der Waals surface area (Å²) in [6.07, 6.45) is 8.02. The molecule has 6 heteroatoms. The molecule has 1 heterocycles. The fourth-order valence-electron chi connectivity index (χ4n) is 2.20. The maximum atomic E-state index is 11.9. The molecule has 0 atom stereocenters. The summed E-state index contributed by atoms with van der Waals surface area (Å²) >= 11 is 0. The van der Waals surface area contributed by atoms with Crippen LogP contribution < -0.4 is 11.1 Å². The van der Waals surface area contributed by atoms with Crippen molar-refractivity contribution in [3.63, 3.8) is 0 Å². The Morgan fingerprint density at radius 2 is 2.24 bits per heavy atom. The average Bonchev–Trinajstić information content (AvgIpc) is 2.96. The van der Waals surface area contributed by atoms with E-state index >= 15 is 0 Å². The Kier molecular flexibility index (Phi) is 3.73. The van der Waals surface area contributed by atoms with Crippen molar-refractivity contribution in [2.45, 2.75) is 44.2 Å². The van der Waals surface area contributed by atoms with Gasteiger partial charge in [0.2, 0.25) is 5.91 Å². The first-order valence-corrected chi connectivity index (χ1v) is 6.12. The molecule has 17 heavy (non-hydrogen) atoms. The van der Waals surface area contributed by atoms with Gasteiger partial charge in [-0.05, 0) is 19.3 Å². The van der Waals surface area contributed by atoms with Gasteiger partial charge in [-0.25, -0.2) is 0 Å². The van der Waals surface area contributed by atoms with Gasteiger partial charge in [-0.15, -0.1) is 5.10 Å². The van der Waals surface area contributed by atoms with Crippen LogP contribution >= 0.6 is 0 Å². The van der Waals surface area contributed by atoms with Crippen LogP contribution in [0.2, 0.25) is 0 Å². The van der Waals surface area contributed by atoms with Gasteiger partial charge in [0.05, 0.1) is 11.7 Å². The quantitative estimate of drug-likeness (QED) is 0.709. The van der Waals surface area contributed by atoms with Gasteiger partial charge >= 0.3 is 0 Å². The average molecular weight is 237 g/mol. The lowest BCUT2D eigenvalue weighted by Crippen LogP contribution is -2.52. The Hall–Kier alpha value is -1.43. The monoisotopic (exact) mass is 237 g/mol. The van der Waals surface area contributed by atoms with Crippen LogP contribution in [0.1, 0.15) is 32.1 Å². The predicted octanol–water partition coefficient (Wildman–Crippen LogP) is 0.0559. The van der Waals surface area contributed by atoms with E-state index in [9.17, 15) is 4.79 Å². The molecular weight excluding hydrogens is 218 g/mol. The van der Waals surface area contributed by atoms with Crippen LogP contribution in [-0.2, 0) is 11.3 Å². The number of aromatic nitrogens is 3. The second-order valence-corrected chi connectivity index (χ2v) is 4.64. The number of hydrogen-bond donors (Lipinski definition) is 2. The first-order chi connectivity index (χ1) is 8.21. The Labute approximate surface area is 101 Å². The molecule has 1 amide bonds. The third-order valence-corrected chi connectivity index (χ3v) is 3.27. The van der Waals surface area contributed by atoms with Crippen molar-refractivity contribution >= 4 is 5.91 Å². The lowest BCUT2D eigenvalue weighted by Gasteiger charge is -2.22. The molecule has 0 aliphatic heterocycles. The van der Waals surface area contributed by atoms with Crippen molar-refractivity contribution in [1.29, 1.82) is 0 Å². The highest BCUT2D eigenvalue weighted by Crippen LogP contribution is 2.27. The molecule has 3 N–H and O–H groups in total. The first kappa shape index (κ1) is 12.0. The normalized spacial score (nSPS) is 18.2. The van der Waals surface area contributed by atoms with Gasteiger partial charge in [-0.1, -0.05) is 18.1 Å². The number of amides is 1. The van der Waals surface area contributed by atoms with E-state index < -0.39 is 5.54 Å². The lowest BCUT2D eigenvalue weighted by molar-refractivity contribution is -0.126. The number of nitrogens with zero attached hydrogens (tertiary/aromatic N) is 3. The highest BCUT2D eigenvalue weighted by molar-refractivity contribution is 5.86. The Morgan fingerprint density at radius 1 is 1.47 bits per heavy atom. The molecule has 94 valence electrons. The van der Waals surface area contributed by atoms with Crippen molar-refractivity contribution < 1.29 is 4.79 Å². The lowest BCUT2D eigenvalue weighted by atomic mass is 9.98. The smallest absolute Gasteiger partial charge is 0.240 e. The molecule has 0 unspecified atom stereocenters. The van der Waals surface area contributed by atoms with Gasteiger partial charge in [0.25, 0.3) is 0 Å². The second kappa shape index (κ2) is 5.27. The summed E-state index contributed by atoms with van der Waals surface area (Å²) in [5, 5.41) is 10.5. The van der Waals surface area contributed by atoms with Crippen molar-refractivity contribution in [2.24, 2.45) is 5.73 Å². The standard InChI is InChI=1S/C11H19N5O/c12-11(4-1-2-5-11)10(17)13-6-3-8-16-9-7-14-15-16/h7,9H,1-6,8,12H2,(H,13,17). The predicted molar refractivity (Wildman–Crippen MR) is 63.0 cm³/mol. The van der Waals surface area contributed by atoms with Crippen LogP contribution in [-0.4, -0.2) is 33.0 Å². The molecule has 6 nitrogen and oxygen atoms in total. The minimum Gasteiger partial charge on any atom is -0.354 e. The van der Waals surface area contributed by atoms with Crippen LogP contribution in [0.15, 0.2) is 12.4 Å². The molecule has 0 spiro atoms. The Balaban J connectivity index is 1.66. The van der Waals surface area contributed by atoms with Gasteiger partial charge in [-0.3, -0.25) is 9.48 Å². The minimum absolute atomic E-state index is 0.00593. The topological polar surface area (TPSA) is 85.8 Å². The zero-order chi connectivity index (χ0) is 12.1. The van der Waals surface area contributed by atoms with Gasteiger partial charge < -0.3 is 11.1 Å². The molecule has 0 radical (unpaired) electrons. The van der Waals surface area contributed by atoms with Crippen LogP contribution in [0.25, 0.3) is 0 Å². The number of carbonyl (C=O) groups excluding carboxylic acids is 1. The fraction of sp³-hybridized carbons (Fsp3) is 0.727. The van der Waals surface area contributed by atoms with E-state index in [4.69, 9.17) is 5.73 Å². The molecule has 1 fully saturated rings. The summed E-state index contributed by atoms with van der Waals surface area (Å²) in [6.45, 7) is 1.40. The summed E-state index contributed by atoms with van der Waals surface area (Å²) in [6, 6.07) is 0. The molecule has 1 aromatic heterocycles. The van der Waals surface area contributed by atoms with Crippen LogP contribution in [0.5, 0.6) is 0 Å². The van der Waals surface area contributed by atoms with Gasteiger partial charge in [0, 0.05) is 19.3 Å². The van der Waals surface area contributed by atoms with E-state index in [0.29, 0.717) is 6.54 Å². The summed E-state index contributed by atoms with van der Waals surface area (Å²) in [5.41, 5.74) is 5.42. The van der Waals surface area contributed by atoms with Crippen LogP contribution in [0.3, 0.4) is 0 Å². The SMILES string of the molecule is NC1(C(=O)NCCCn2ccnn2)CCCC1. The number of nitrogens with two attached hydrogens (primary N) is 1. The number of nitrogens with one attached hydrogen (secondary N) is 1. The Morgan fingerprint density at radius 3 is 2.88 bits per heavy atom. The third kappa shape index (κ3) is 3.03. The summed E-state index contributed by atoms with van der Waals surface area (Å²) in [4.78, 5) is 11.9. The molecule has 1 saturated carbocycles. The molecule has 0 aromatic carbocycles. The van der Waals surface area contributed by atoms with Crippen molar-refractivity contribution in [3.05, 3.63) is 12.4 Å². The number of carbonyl (C=O) groups is 1. The molecule has 2 rings (SSSR count). The molecule has 0 saturated heterocycles. The Bertz CT molecular complexity index is 356. The molecule has 1 aliphatic carbocycles. The molecule has 1 aromatic rings. The van der Waals surface area contributed by atoms with E-state index in [2.05, 4.69) is 15.6 Å². The van der Waals surface area contributed by atoms with Gasteiger partial charge in [-0.2, -0.15) is 0 Å². The third-order valence-electron chi connectivity index (χ3n) is 3.27. The van der Waals surface area contributed by atoms with Crippen molar-refractivity contribution in [1.82, 2.24) is 20.3 Å². The zero-order valence-corrected chi connectivity index (χ0v) is 9.93. The van der Waals surface area contributed by atoms with Crippen LogP contribution in [0, 0.1) is 0 Å². The first-order valence-electron chi connectivity index (χ1n) is 6.12. The number of hydrogen-bond acceptors (Lipinski definition) is 4. The van der Waals surface area contributed by atoms with E-state index in [1.54, 1.807) is 10.9 Å². The highest BCUT2D eigenvalue weighted by atomic mass is 16.2. The molecule has 1 aliphatic rings. The van der Waals surface area contributed by atoms with E-state index in [1.165, 1.54) is 0 Å². The maximum Gasteiger partial charge on any atom is 0.240 e. The van der Waals surface area contributed by atoms with Crippen molar-refractivity contribution in [3.8, 4) is 0 Å². The highest BCUT2D eigenvalue weighted by Gasteiger charge is 2.36. The second-order valence-electron chi connectivity index (χ2n) is 4.64. The number of rotatable bonds is 5. The maximum absolute atomic E-state index is 11.9. The zero-order valence-electron chi connectivity index (χ0n) is 9.93. The number of aryl methyl sites for hydroxylation is 1. The molecule has 0 bridgehead atoms. The van der Waals surface area contributed by atoms with Gasteiger partial charge in [0.1, 0.15) is 0 Å². The minimum atomic E-state index is -0.618. The summed E-state index contributed by atoms with van der Waals surface area (Å²) in [7, 11) is 0. The van der Waals surface area contributed by atoms with E-state index in [1.807, 2.05) is 6.20 Å². The largest absolute Gasteiger partial charge is 0.354 e. The summed E-state index contributed by atoms with van der Waals surface area (Å²) < 4.78 is 1.75. The fourth-order valence-corrected chi connectivity index (χ4v) is 2.20. The van der Waals surface area contributed by atoms with Crippen LogP contribution in [0.4, 0.5) is 0 Å². The van der Waals surface area contributed by atoms with E-state index in [-0.39, 0.29) is 5.91 Å². The van der Waals surface area contributed by atoms with Crippen molar-refractivity contribution in [2.75, 3.05) is 6.54 Å².